The number of methoxy groups -OCH3 is 1. The Hall–Kier alpha value is -1.67. The van der Waals surface area contributed by atoms with Gasteiger partial charge in [0.2, 0.25) is 0 Å². The summed E-state index contributed by atoms with van der Waals surface area (Å²) in [7, 11) is 1.69. The second-order valence-electron chi connectivity index (χ2n) is 4.06. The average molecular weight is 240 g/mol. The SMILES string of the molecule is COc1ccc2c(ccc3cc(S)ccc32)c1. The van der Waals surface area contributed by atoms with Crippen molar-refractivity contribution in [2.75, 3.05) is 7.11 Å². The Morgan fingerprint density at radius 1 is 0.824 bits per heavy atom. The molecular weight excluding hydrogens is 228 g/mol. The maximum absolute atomic E-state index is 5.24. The lowest BCUT2D eigenvalue weighted by Crippen LogP contribution is -1.83. The number of hydrogen-bond donors (Lipinski definition) is 1. The molecule has 0 aromatic heterocycles. The van der Waals surface area contributed by atoms with E-state index >= 15 is 0 Å². The van der Waals surface area contributed by atoms with Gasteiger partial charge in [-0.2, -0.15) is 0 Å². The van der Waals surface area contributed by atoms with Crippen LogP contribution in [-0.2, 0) is 0 Å². The molecule has 0 amide bonds. The van der Waals surface area contributed by atoms with E-state index in [4.69, 9.17) is 4.74 Å². The lowest BCUT2D eigenvalue weighted by molar-refractivity contribution is 0.415. The first-order chi connectivity index (χ1) is 8.28. The van der Waals surface area contributed by atoms with E-state index in [0.717, 1.165) is 10.6 Å². The van der Waals surface area contributed by atoms with Crippen molar-refractivity contribution in [1.82, 2.24) is 0 Å². The predicted octanol–water partition coefficient (Wildman–Crippen LogP) is 4.29. The molecule has 3 aromatic rings. The number of ether oxygens (including phenoxy) is 1. The third kappa shape index (κ3) is 1.75. The smallest absolute Gasteiger partial charge is 0.119 e. The van der Waals surface area contributed by atoms with Gasteiger partial charge in [-0.3, -0.25) is 0 Å². The van der Waals surface area contributed by atoms with Gasteiger partial charge in [-0.1, -0.05) is 24.3 Å². The molecule has 0 saturated heterocycles. The van der Waals surface area contributed by atoms with E-state index < -0.39 is 0 Å². The summed E-state index contributed by atoms with van der Waals surface area (Å²) in [6, 6.07) is 16.6. The highest BCUT2D eigenvalue weighted by molar-refractivity contribution is 7.80. The number of benzene rings is 3. The minimum absolute atomic E-state index is 0.891. The zero-order chi connectivity index (χ0) is 11.8. The highest BCUT2D eigenvalue weighted by atomic mass is 32.1. The van der Waals surface area contributed by atoms with Gasteiger partial charge in [-0.15, -0.1) is 12.6 Å². The van der Waals surface area contributed by atoms with Crippen LogP contribution in [0.5, 0.6) is 5.75 Å². The van der Waals surface area contributed by atoms with E-state index in [0.29, 0.717) is 0 Å². The maximum Gasteiger partial charge on any atom is 0.119 e. The minimum atomic E-state index is 0.891. The molecule has 0 aliphatic carbocycles. The fourth-order valence-corrected chi connectivity index (χ4v) is 2.38. The minimum Gasteiger partial charge on any atom is -0.497 e. The second kappa shape index (κ2) is 3.97. The summed E-state index contributed by atoms with van der Waals surface area (Å²) >= 11 is 4.37. The van der Waals surface area contributed by atoms with Crippen molar-refractivity contribution >= 4 is 34.2 Å². The van der Waals surface area contributed by atoms with Crippen LogP contribution in [0, 0.1) is 0 Å². The van der Waals surface area contributed by atoms with E-state index in [1.54, 1.807) is 7.11 Å². The molecule has 84 valence electrons. The molecule has 0 unspecified atom stereocenters. The van der Waals surface area contributed by atoms with Crippen LogP contribution in [0.3, 0.4) is 0 Å². The van der Waals surface area contributed by atoms with Crippen molar-refractivity contribution in [2.45, 2.75) is 4.90 Å². The fourth-order valence-electron chi connectivity index (χ4n) is 2.16. The molecule has 0 N–H and O–H groups in total. The van der Waals surface area contributed by atoms with Gasteiger partial charge in [-0.05, 0) is 45.8 Å². The first-order valence-corrected chi connectivity index (χ1v) is 5.92. The average Bonchev–Trinajstić information content (AvgIpc) is 2.37. The zero-order valence-electron chi connectivity index (χ0n) is 9.47. The lowest BCUT2D eigenvalue weighted by atomic mass is 10.0. The second-order valence-corrected chi connectivity index (χ2v) is 4.57. The van der Waals surface area contributed by atoms with Gasteiger partial charge in [-0.25, -0.2) is 0 Å². The summed E-state index contributed by atoms with van der Waals surface area (Å²) in [4.78, 5) is 0.991. The Morgan fingerprint density at radius 3 is 2.18 bits per heavy atom. The van der Waals surface area contributed by atoms with Crippen LogP contribution in [0.15, 0.2) is 53.4 Å². The van der Waals surface area contributed by atoms with Crippen molar-refractivity contribution in [3.63, 3.8) is 0 Å². The Labute approximate surface area is 105 Å². The molecule has 2 heteroatoms. The molecular formula is C15H12OS. The van der Waals surface area contributed by atoms with Gasteiger partial charge in [0.1, 0.15) is 5.75 Å². The standard InChI is InChI=1S/C15H12OS/c1-16-12-4-6-14-10(8-12)2-3-11-9-13(17)5-7-15(11)14/h2-9,17H,1H3. The molecule has 0 bridgehead atoms. The van der Waals surface area contributed by atoms with E-state index in [2.05, 4.69) is 49.0 Å². The predicted molar refractivity (Wildman–Crippen MR) is 75.3 cm³/mol. The lowest BCUT2D eigenvalue weighted by Gasteiger charge is -2.06. The topological polar surface area (TPSA) is 9.23 Å². The van der Waals surface area contributed by atoms with Crippen LogP contribution in [0.1, 0.15) is 0 Å². The maximum atomic E-state index is 5.24. The van der Waals surface area contributed by atoms with E-state index in [1.807, 2.05) is 12.1 Å². The number of hydrogen-bond acceptors (Lipinski definition) is 2. The fraction of sp³-hybridized carbons (Fsp3) is 0.0667. The highest BCUT2D eigenvalue weighted by Crippen LogP contribution is 2.29. The van der Waals surface area contributed by atoms with Crippen LogP contribution in [0.25, 0.3) is 21.5 Å². The molecule has 0 radical (unpaired) electrons. The zero-order valence-corrected chi connectivity index (χ0v) is 10.4. The highest BCUT2D eigenvalue weighted by Gasteiger charge is 2.02. The van der Waals surface area contributed by atoms with E-state index in [-0.39, 0.29) is 0 Å². The summed E-state index contributed by atoms with van der Waals surface area (Å²) in [6.07, 6.45) is 0. The van der Waals surface area contributed by atoms with Crippen LogP contribution >= 0.6 is 12.6 Å². The molecule has 0 heterocycles. The first-order valence-electron chi connectivity index (χ1n) is 5.47. The van der Waals surface area contributed by atoms with Gasteiger partial charge < -0.3 is 4.74 Å². The molecule has 0 aliphatic rings. The third-order valence-corrected chi connectivity index (χ3v) is 3.30. The molecule has 3 aromatic carbocycles. The van der Waals surface area contributed by atoms with Crippen LogP contribution in [0.2, 0.25) is 0 Å². The number of fused-ring (bicyclic) bond motifs is 3. The monoisotopic (exact) mass is 240 g/mol. The summed E-state index contributed by atoms with van der Waals surface area (Å²) < 4.78 is 5.24. The molecule has 0 spiro atoms. The Bertz CT molecular complexity index is 704. The van der Waals surface area contributed by atoms with Gasteiger partial charge in [0, 0.05) is 4.90 Å². The normalized spacial score (nSPS) is 10.9. The van der Waals surface area contributed by atoms with Crippen molar-refractivity contribution in [3.05, 3.63) is 48.5 Å². The molecule has 3 rings (SSSR count). The van der Waals surface area contributed by atoms with Crippen LogP contribution in [0.4, 0.5) is 0 Å². The van der Waals surface area contributed by atoms with Crippen LogP contribution < -0.4 is 4.74 Å². The van der Waals surface area contributed by atoms with Gasteiger partial charge >= 0.3 is 0 Å². The first kappa shape index (κ1) is 10.5. The van der Waals surface area contributed by atoms with E-state index in [9.17, 15) is 0 Å². The molecule has 0 fully saturated rings. The van der Waals surface area contributed by atoms with Gasteiger partial charge in [0.25, 0.3) is 0 Å². The number of rotatable bonds is 1. The molecule has 0 saturated carbocycles. The van der Waals surface area contributed by atoms with Crippen molar-refractivity contribution < 1.29 is 4.74 Å². The van der Waals surface area contributed by atoms with Crippen molar-refractivity contribution in [2.24, 2.45) is 0 Å². The third-order valence-electron chi connectivity index (χ3n) is 3.03. The summed E-state index contributed by atoms with van der Waals surface area (Å²) in [6.45, 7) is 0. The largest absolute Gasteiger partial charge is 0.497 e. The van der Waals surface area contributed by atoms with Gasteiger partial charge in [0.15, 0.2) is 0 Å². The van der Waals surface area contributed by atoms with Gasteiger partial charge in [0.05, 0.1) is 7.11 Å². The summed E-state index contributed by atoms with van der Waals surface area (Å²) in [5.74, 6) is 0.891. The quantitative estimate of drug-likeness (QED) is 0.493. The Kier molecular flexibility index (Phi) is 2.45. The van der Waals surface area contributed by atoms with Crippen LogP contribution in [-0.4, -0.2) is 7.11 Å². The number of thiol groups is 1. The molecule has 17 heavy (non-hydrogen) atoms. The Morgan fingerprint density at radius 2 is 1.47 bits per heavy atom. The summed E-state index contributed by atoms with van der Waals surface area (Å²) in [5.41, 5.74) is 0. The molecule has 0 atom stereocenters. The molecule has 1 nitrogen and oxygen atoms in total. The Balaban J connectivity index is 2.40. The van der Waals surface area contributed by atoms with Crippen molar-refractivity contribution in [3.8, 4) is 5.75 Å². The summed E-state index contributed by atoms with van der Waals surface area (Å²) in [5, 5.41) is 4.92. The molecule has 0 aliphatic heterocycles. The van der Waals surface area contributed by atoms with Crippen molar-refractivity contribution in [1.29, 1.82) is 0 Å². The van der Waals surface area contributed by atoms with E-state index in [1.165, 1.54) is 21.5 Å².